The summed E-state index contributed by atoms with van der Waals surface area (Å²) in [7, 11) is 0. The van der Waals surface area contributed by atoms with E-state index < -0.39 is 0 Å². The lowest BCUT2D eigenvalue weighted by molar-refractivity contribution is 0.183. The second-order valence-electron chi connectivity index (χ2n) is 4.21. The molecule has 0 aliphatic carbocycles. The van der Waals surface area contributed by atoms with E-state index in [0.29, 0.717) is 22.0 Å². The molecule has 1 aromatic rings. The van der Waals surface area contributed by atoms with Crippen LogP contribution in [0.5, 0.6) is 0 Å². The van der Waals surface area contributed by atoms with E-state index >= 15 is 0 Å². The van der Waals surface area contributed by atoms with Gasteiger partial charge in [0.15, 0.2) is 0 Å². The summed E-state index contributed by atoms with van der Waals surface area (Å²) >= 11 is 11.9. The van der Waals surface area contributed by atoms with Crippen LogP contribution in [-0.4, -0.2) is 19.3 Å². The van der Waals surface area contributed by atoms with Crippen molar-refractivity contribution in [2.45, 2.75) is 19.4 Å². The van der Waals surface area contributed by atoms with E-state index in [1.54, 1.807) is 6.07 Å². The minimum Gasteiger partial charge on any atom is -0.382 e. The van der Waals surface area contributed by atoms with Crippen molar-refractivity contribution in [2.24, 2.45) is 5.92 Å². The van der Waals surface area contributed by atoms with Gasteiger partial charge in [-0.2, -0.15) is 0 Å². The molecule has 2 nitrogen and oxygen atoms in total. The predicted octanol–water partition coefficient (Wildman–Crippen LogP) is 3.83. The van der Waals surface area contributed by atoms with Gasteiger partial charge in [-0.15, -0.1) is 0 Å². The average molecular weight is 260 g/mol. The van der Waals surface area contributed by atoms with Crippen molar-refractivity contribution < 1.29 is 4.74 Å². The van der Waals surface area contributed by atoms with Gasteiger partial charge < -0.3 is 10.1 Å². The highest BCUT2D eigenvalue weighted by Gasteiger charge is 2.22. The van der Waals surface area contributed by atoms with E-state index in [9.17, 15) is 0 Å². The molecule has 1 N–H and O–H groups in total. The molecule has 16 heavy (non-hydrogen) atoms. The maximum atomic E-state index is 5.94. The third-order valence-corrected chi connectivity index (χ3v) is 3.37. The summed E-state index contributed by atoms with van der Waals surface area (Å²) in [4.78, 5) is 0. The summed E-state index contributed by atoms with van der Waals surface area (Å²) in [5.74, 6) is 0.567. The normalized spacial score (nSPS) is 22.1. The van der Waals surface area contributed by atoms with Crippen LogP contribution in [0.4, 0.5) is 5.69 Å². The Morgan fingerprint density at radius 1 is 1.31 bits per heavy atom. The molecular weight excluding hydrogens is 245 g/mol. The van der Waals surface area contributed by atoms with Gasteiger partial charge in [-0.05, 0) is 31.5 Å². The molecule has 2 rings (SSSR count). The molecule has 2 atom stereocenters. The molecule has 0 aromatic heterocycles. The summed E-state index contributed by atoms with van der Waals surface area (Å²) < 4.78 is 5.37. The number of hydrogen-bond donors (Lipinski definition) is 1. The van der Waals surface area contributed by atoms with Crippen LogP contribution in [0.25, 0.3) is 0 Å². The second kappa shape index (κ2) is 5.26. The monoisotopic (exact) mass is 259 g/mol. The summed E-state index contributed by atoms with van der Waals surface area (Å²) in [6.07, 6.45) is 1.11. The van der Waals surface area contributed by atoms with Gasteiger partial charge in [0.25, 0.3) is 0 Å². The SMILES string of the molecule is CC(Nc1cc(Cl)cc(Cl)c1)C1CCOC1. The van der Waals surface area contributed by atoms with Crippen LogP contribution in [0.2, 0.25) is 10.0 Å². The molecule has 1 aliphatic heterocycles. The van der Waals surface area contributed by atoms with Gasteiger partial charge in [0, 0.05) is 34.3 Å². The van der Waals surface area contributed by atoms with Gasteiger partial charge in [0.2, 0.25) is 0 Å². The molecule has 0 radical (unpaired) electrons. The Morgan fingerprint density at radius 3 is 2.56 bits per heavy atom. The van der Waals surface area contributed by atoms with E-state index in [-0.39, 0.29) is 0 Å². The molecule has 4 heteroatoms. The van der Waals surface area contributed by atoms with Crippen LogP contribution in [0.15, 0.2) is 18.2 Å². The molecule has 2 unspecified atom stereocenters. The standard InChI is InChI=1S/C12H15Cl2NO/c1-8(9-2-3-16-7-9)15-12-5-10(13)4-11(14)6-12/h4-6,8-9,15H,2-3,7H2,1H3. The lowest BCUT2D eigenvalue weighted by Gasteiger charge is -2.20. The lowest BCUT2D eigenvalue weighted by Crippen LogP contribution is -2.26. The summed E-state index contributed by atoms with van der Waals surface area (Å²) in [6.45, 7) is 3.86. The molecule has 1 heterocycles. The lowest BCUT2D eigenvalue weighted by atomic mass is 10.0. The molecule has 0 amide bonds. The van der Waals surface area contributed by atoms with Gasteiger partial charge >= 0.3 is 0 Å². The fraction of sp³-hybridized carbons (Fsp3) is 0.500. The number of benzene rings is 1. The molecule has 1 fully saturated rings. The first kappa shape index (κ1) is 12.0. The van der Waals surface area contributed by atoms with Crippen LogP contribution < -0.4 is 5.32 Å². The first-order valence-corrected chi connectivity index (χ1v) is 6.21. The molecular formula is C12H15Cl2NO. The Labute approximate surface area is 106 Å². The van der Waals surface area contributed by atoms with Gasteiger partial charge in [-0.25, -0.2) is 0 Å². The van der Waals surface area contributed by atoms with Crippen LogP contribution in [0.1, 0.15) is 13.3 Å². The first-order chi connectivity index (χ1) is 7.65. The second-order valence-corrected chi connectivity index (χ2v) is 5.09. The Bertz CT molecular complexity index is 344. The Morgan fingerprint density at radius 2 is 2.00 bits per heavy atom. The minimum absolute atomic E-state index is 0.372. The zero-order valence-corrected chi connectivity index (χ0v) is 10.7. The van der Waals surface area contributed by atoms with Crippen LogP contribution in [0.3, 0.4) is 0 Å². The summed E-state index contributed by atoms with van der Waals surface area (Å²) in [6, 6.07) is 5.88. The Balaban J connectivity index is 2.02. The zero-order valence-electron chi connectivity index (χ0n) is 9.17. The Kier molecular flexibility index (Phi) is 3.95. The highest BCUT2D eigenvalue weighted by atomic mass is 35.5. The van der Waals surface area contributed by atoms with E-state index in [1.165, 1.54) is 0 Å². The number of nitrogens with one attached hydrogen (secondary N) is 1. The first-order valence-electron chi connectivity index (χ1n) is 5.45. The summed E-state index contributed by atoms with van der Waals surface area (Å²) in [5.41, 5.74) is 0.969. The largest absolute Gasteiger partial charge is 0.382 e. The fourth-order valence-electron chi connectivity index (χ4n) is 1.96. The molecule has 0 spiro atoms. The van der Waals surface area contributed by atoms with Crippen molar-refractivity contribution in [3.05, 3.63) is 28.2 Å². The predicted molar refractivity (Wildman–Crippen MR) is 68.5 cm³/mol. The zero-order chi connectivity index (χ0) is 11.5. The van der Waals surface area contributed by atoms with E-state index in [1.807, 2.05) is 12.1 Å². The molecule has 1 saturated heterocycles. The van der Waals surface area contributed by atoms with Gasteiger partial charge in [0.1, 0.15) is 0 Å². The van der Waals surface area contributed by atoms with Gasteiger partial charge in [-0.1, -0.05) is 23.2 Å². The highest BCUT2D eigenvalue weighted by Crippen LogP contribution is 2.25. The number of ether oxygens (including phenoxy) is 1. The Hall–Kier alpha value is -0.440. The van der Waals surface area contributed by atoms with E-state index in [2.05, 4.69) is 12.2 Å². The number of halogens is 2. The van der Waals surface area contributed by atoms with E-state index in [4.69, 9.17) is 27.9 Å². The van der Waals surface area contributed by atoms with Crippen LogP contribution in [-0.2, 0) is 4.74 Å². The van der Waals surface area contributed by atoms with Crippen molar-refractivity contribution in [1.82, 2.24) is 0 Å². The number of rotatable bonds is 3. The van der Waals surface area contributed by atoms with Crippen LogP contribution >= 0.6 is 23.2 Å². The van der Waals surface area contributed by atoms with Crippen molar-refractivity contribution in [3.63, 3.8) is 0 Å². The van der Waals surface area contributed by atoms with Crippen molar-refractivity contribution >= 4 is 28.9 Å². The van der Waals surface area contributed by atoms with Crippen molar-refractivity contribution in [3.8, 4) is 0 Å². The quantitative estimate of drug-likeness (QED) is 0.891. The summed E-state index contributed by atoms with van der Waals surface area (Å²) in [5, 5.41) is 4.73. The molecule has 0 saturated carbocycles. The molecule has 0 bridgehead atoms. The van der Waals surface area contributed by atoms with Gasteiger partial charge in [0.05, 0.1) is 6.61 Å². The minimum atomic E-state index is 0.372. The maximum Gasteiger partial charge on any atom is 0.0514 e. The number of hydrogen-bond acceptors (Lipinski definition) is 2. The molecule has 88 valence electrons. The fourth-order valence-corrected chi connectivity index (χ4v) is 2.49. The van der Waals surface area contributed by atoms with Crippen molar-refractivity contribution in [2.75, 3.05) is 18.5 Å². The third-order valence-electron chi connectivity index (χ3n) is 2.93. The topological polar surface area (TPSA) is 21.3 Å². The van der Waals surface area contributed by atoms with Crippen LogP contribution in [0, 0.1) is 5.92 Å². The smallest absolute Gasteiger partial charge is 0.0514 e. The van der Waals surface area contributed by atoms with E-state index in [0.717, 1.165) is 25.3 Å². The van der Waals surface area contributed by atoms with Gasteiger partial charge in [-0.3, -0.25) is 0 Å². The third kappa shape index (κ3) is 3.03. The molecule has 1 aliphatic rings. The highest BCUT2D eigenvalue weighted by molar-refractivity contribution is 6.35. The average Bonchev–Trinajstić information content (AvgIpc) is 2.68. The van der Waals surface area contributed by atoms with Crippen molar-refractivity contribution in [1.29, 1.82) is 0 Å². The molecule has 1 aromatic carbocycles. The maximum absolute atomic E-state index is 5.94. The number of anilines is 1.